The summed E-state index contributed by atoms with van der Waals surface area (Å²) in [6, 6.07) is 0. The standard InChI is InChI=1S/C9H18N4O2/c1-3-8-9(10)11-12-13(8)4-5-15-7-6-14-2/h3-7,10H2,1-2H3. The van der Waals surface area contributed by atoms with Gasteiger partial charge in [-0.05, 0) is 6.42 Å². The lowest BCUT2D eigenvalue weighted by Gasteiger charge is -2.05. The van der Waals surface area contributed by atoms with Gasteiger partial charge in [-0.2, -0.15) is 0 Å². The Kier molecular flexibility index (Phi) is 5.06. The molecule has 86 valence electrons. The number of aromatic nitrogens is 3. The van der Waals surface area contributed by atoms with Crippen molar-refractivity contribution in [2.24, 2.45) is 0 Å². The summed E-state index contributed by atoms with van der Waals surface area (Å²) in [5, 5.41) is 7.75. The van der Waals surface area contributed by atoms with Crippen molar-refractivity contribution in [3.8, 4) is 0 Å². The van der Waals surface area contributed by atoms with E-state index in [0.29, 0.717) is 32.2 Å². The minimum absolute atomic E-state index is 0.509. The van der Waals surface area contributed by atoms with Crippen LogP contribution in [0.5, 0.6) is 0 Å². The second-order valence-corrected chi connectivity index (χ2v) is 3.10. The molecule has 1 rings (SSSR count). The lowest BCUT2D eigenvalue weighted by Crippen LogP contribution is -2.12. The molecule has 6 heteroatoms. The van der Waals surface area contributed by atoms with E-state index in [4.69, 9.17) is 15.2 Å². The topological polar surface area (TPSA) is 75.2 Å². The van der Waals surface area contributed by atoms with Crippen molar-refractivity contribution >= 4 is 5.82 Å². The van der Waals surface area contributed by atoms with Crippen molar-refractivity contribution in [1.82, 2.24) is 15.0 Å². The molecule has 0 amide bonds. The quantitative estimate of drug-likeness (QED) is 0.651. The Balaban J connectivity index is 2.30. The molecular weight excluding hydrogens is 196 g/mol. The predicted molar refractivity (Wildman–Crippen MR) is 56.5 cm³/mol. The normalized spacial score (nSPS) is 10.8. The van der Waals surface area contributed by atoms with Crippen LogP contribution >= 0.6 is 0 Å². The van der Waals surface area contributed by atoms with Gasteiger partial charge in [0.25, 0.3) is 0 Å². The largest absolute Gasteiger partial charge is 0.382 e. The number of nitrogens with two attached hydrogens (primary N) is 1. The average Bonchev–Trinajstić information content (AvgIpc) is 2.59. The van der Waals surface area contributed by atoms with Gasteiger partial charge in [0.2, 0.25) is 0 Å². The van der Waals surface area contributed by atoms with E-state index >= 15 is 0 Å². The van der Waals surface area contributed by atoms with Gasteiger partial charge in [0.1, 0.15) is 0 Å². The summed E-state index contributed by atoms with van der Waals surface area (Å²) >= 11 is 0. The molecule has 0 spiro atoms. The Morgan fingerprint density at radius 3 is 2.80 bits per heavy atom. The summed E-state index contributed by atoms with van der Waals surface area (Å²) in [6.07, 6.45) is 0.830. The van der Waals surface area contributed by atoms with Crippen LogP contribution in [0.4, 0.5) is 5.82 Å². The third kappa shape index (κ3) is 3.49. The van der Waals surface area contributed by atoms with Gasteiger partial charge >= 0.3 is 0 Å². The van der Waals surface area contributed by atoms with Crippen molar-refractivity contribution in [3.63, 3.8) is 0 Å². The number of rotatable bonds is 7. The summed E-state index contributed by atoms with van der Waals surface area (Å²) in [7, 11) is 1.65. The summed E-state index contributed by atoms with van der Waals surface area (Å²) in [5.41, 5.74) is 6.61. The van der Waals surface area contributed by atoms with Crippen molar-refractivity contribution in [1.29, 1.82) is 0 Å². The monoisotopic (exact) mass is 214 g/mol. The molecule has 0 radical (unpaired) electrons. The SMILES string of the molecule is CCc1c(N)nnn1CCOCCOC. The van der Waals surface area contributed by atoms with Gasteiger partial charge in [-0.25, -0.2) is 4.68 Å². The fourth-order valence-electron chi connectivity index (χ4n) is 1.28. The molecule has 6 nitrogen and oxygen atoms in total. The smallest absolute Gasteiger partial charge is 0.169 e. The Morgan fingerprint density at radius 1 is 1.33 bits per heavy atom. The molecule has 1 aromatic rings. The number of hydrogen-bond donors (Lipinski definition) is 1. The summed E-state index contributed by atoms with van der Waals surface area (Å²) in [6.45, 7) is 4.51. The maximum absolute atomic E-state index is 5.65. The first-order valence-electron chi connectivity index (χ1n) is 5.04. The van der Waals surface area contributed by atoms with Gasteiger partial charge in [-0.3, -0.25) is 0 Å². The van der Waals surface area contributed by atoms with E-state index in [9.17, 15) is 0 Å². The minimum Gasteiger partial charge on any atom is -0.382 e. The number of ether oxygens (including phenoxy) is 2. The molecule has 1 aromatic heterocycles. The van der Waals surface area contributed by atoms with Crippen molar-refractivity contribution in [2.45, 2.75) is 19.9 Å². The van der Waals surface area contributed by atoms with Crippen molar-refractivity contribution < 1.29 is 9.47 Å². The average molecular weight is 214 g/mol. The molecule has 0 aromatic carbocycles. The number of nitrogens with zero attached hydrogens (tertiary/aromatic N) is 3. The molecule has 0 aliphatic heterocycles. The zero-order valence-electron chi connectivity index (χ0n) is 9.27. The number of nitrogen functional groups attached to an aromatic ring is 1. The molecule has 15 heavy (non-hydrogen) atoms. The maximum Gasteiger partial charge on any atom is 0.169 e. The summed E-state index contributed by atoms with van der Waals surface area (Å²) in [5.74, 6) is 0.509. The molecular formula is C9H18N4O2. The van der Waals surface area contributed by atoms with Gasteiger partial charge in [0, 0.05) is 7.11 Å². The Morgan fingerprint density at radius 2 is 2.13 bits per heavy atom. The highest BCUT2D eigenvalue weighted by Crippen LogP contribution is 2.07. The van der Waals surface area contributed by atoms with Crippen molar-refractivity contribution in [2.75, 3.05) is 32.7 Å². The Bertz CT molecular complexity index is 288. The highest BCUT2D eigenvalue weighted by Gasteiger charge is 2.06. The summed E-state index contributed by atoms with van der Waals surface area (Å²) < 4.78 is 12.0. The van der Waals surface area contributed by atoms with E-state index in [1.165, 1.54) is 0 Å². The fraction of sp³-hybridized carbons (Fsp3) is 0.778. The molecule has 0 aliphatic rings. The molecule has 0 saturated carbocycles. The van der Waals surface area contributed by atoms with Crippen LogP contribution in [0, 0.1) is 0 Å². The third-order valence-corrected chi connectivity index (χ3v) is 2.08. The van der Waals surface area contributed by atoms with Crippen LogP contribution in [0.25, 0.3) is 0 Å². The number of hydrogen-bond acceptors (Lipinski definition) is 5. The van der Waals surface area contributed by atoms with E-state index in [1.807, 2.05) is 6.92 Å². The highest BCUT2D eigenvalue weighted by atomic mass is 16.5. The number of methoxy groups -OCH3 is 1. The van der Waals surface area contributed by atoms with Crippen LogP contribution in [0.2, 0.25) is 0 Å². The lowest BCUT2D eigenvalue weighted by atomic mass is 10.3. The van der Waals surface area contributed by atoms with E-state index in [1.54, 1.807) is 11.8 Å². The van der Waals surface area contributed by atoms with Gasteiger partial charge in [-0.1, -0.05) is 12.1 Å². The van der Waals surface area contributed by atoms with Gasteiger partial charge in [-0.15, -0.1) is 5.10 Å². The molecule has 0 bridgehead atoms. The first-order valence-corrected chi connectivity index (χ1v) is 5.04. The van der Waals surface area contributed by atoms with E-state index < -0.39 is 0 Å². The van der Waals surface area contributed by atoms with Crippen molar-refractivity contribution in [3.05, 3.63) is 5.69 Å². The number of anilines is 1. The van der Waals surface area contributed by atoms with Gasteiger partial charge < -0.3 is 15.2 Å². The predicted octanol–water partition coefficient (Wildman–Crippen LogP) is 0.0857. The molecule has 0 fully saturated rings. The first kappa shape index (κ1) is 11.9. The Labute approximate surface area is 89.3 Å². The third-order valence-electron chi connectivity index (χ3n) is 2.08. The van der Waals surface area contributed by atoms with Crippen LogP contribution in [0.1, 0.15) is 12.6 Å². The first-order chi connectivity index (χ1) is 7.29. The zero-order valence-corrected chi connectivity index (χ0v) is 9.27. The zero-order chi connectivity index (χ0) is 11.1. The molecule has 0 aliphatic carbocycles. The van der Waals surface area contributed by atoms with Crippen LogP contribution in [-0.2, 0) is 22.4 Å². The van der Waals surface area contributed by atoms with Crippen LogP contribution in [-0.4, -0.2) is 41.9 Å². The molecule has 1 heterocycles. The summed E-state index contributed by atoms with van der Waals surface area (Å²) in [4.78, 5) is 0. The van der Waals surface area contributed by atoms with Crippen LogP contribution in [0.3, 0.4) is 0 Å². The second-order valence-electron chi connectivity index (χ2n) is 3.10. The van der Waals surface area contributed by atoms with Gasteiger partial charge in [0.05, 0.1) is 32.1 Å². The molecule has 2 N–H and O–H groups in total. The second kappa shape index (κ2) is 6.36. The maximum atomic E-state index is 5.65. The van der Waals surface area contributed by atoms with E-state index in [2.05, 4.69) is 10.3 Å². The lowest BCUT2D eigenvalue weighted by molar-refractivity contribution is 0.0649. The van der Waals surface area contributed by atoms with Crippen LogP contribution < -0.4 is 5.73 Å². The molecule has 0 atom stereocenters. The van der Waals surface area contributed by atoms with Crippen LogP contribution in [0.15, 0.2) is 0 Å². The van der Waals surface area contributed by atoms with E-state index in [-0.39, 0.29) is 0 Å². The van der Waals surface area contributed by atoms with Gasteiger partial charge in [0.15, 0.2) is 5.82 Å². The molecule has 0 saturated heterocycles. The fourth-order valence-corrected chi connectivity index (χ4v) is 1.28. The minimum atomic E-state index is 0.509. The Hall–Kier alpha value is -1.14. The van der Waals surface area contributed by atoms with E-state index in [0.717, 1.165) is 12.1 Å². The molecule has 0 unspecified atom stereocenters. The highest BCUT2D eigenvalue weighted by molar-refractivity contribution is 5.32.